The van der Waals surface area contributed by atoms with Gasteiger partial charge in [0.25, 0.3) is 0 Å². The van der Waals surface area contributed by atoms with E-state index in [4.69, 9.17) is 16.6 Å². The van der Waals surface area contributed by atoms with Crippen molar-refractivity contribution in [1.29, 1.82) is 0 Å². The fourth-order valence-corrected chi connectivity index (χ4v) is 3.26. The molecule has 1 N–H and O–H groups in total. The topological polar surface area (TPSA) is 46.4 Å². The molecule has 0 saturated heterocycles. The van der Waals surface area contributed by atoms with Gasteiger partial charge in [0.05, 0.1) is 6.42 Å². The summed E-state index contributed by atoms with van der Waals surface area (Å²) in [7, 11) is 0. The first kappa shape index (κ1) is 17.3. The lowest BCUT2D eigenvalue weighted by Gasteiger charge is -2.09. The highest BCUT2D eigenvalue weighted by Crippen LogP contribution is 2.30. The summed E-state index contributed by atoms with van der Waals surface area (Å²) >= 11 is 6.16. The van der Waals surface area contributed by atoms with Crippen LogP contribution in [0.2, 0.25) is 5.02 Å². The molecule has 134 valence electrons. The number of nitrogens with one attached hydrogen (secondary N) is 1. The summed E-state index contributed by atoms with van der Waals surface area (Å²) in [5.41, 5.74) is 4.37. The van der Waals surface area contributed by atoms with Crippen molar-refractivity contribution in [3.63, 3.8) is 0 Å². The Balaban J connectivity index is 1.76. The number of fused-ring (bicyclic) bond motifs is 1. The lowest BCUT2D eigenvalue weighted by molar-refractivity contribution is -0.115. The Morgan fingerprint density at radius 1 is 1.07 bits per heavy atom. The van der Waals surface area contributed by atoms with Crippen molar-refractivity contribution in [2.45, 2.75) is 13.3 Å². The number of hydrogen-bond acceptors (Lipinski definition) is 2. The third-order valence-corrected chi connectivity index (χ3v) is 4.56. The highest BCUT2D eigenvalue weighted by Gasteiger charge is 2.17. The summed E-state index contributed by atoms with van der Waals surface area (Å²) in [5, 5.41) is 3.67. The Labute approximate surface area is 162 Å². The standard InChI is InChI=1S/C22H18ClN3O/c1-15-10-11-19-24-21(17-8-5-9-18(23)13-17)22(26(19)14-15)25-20(27)12-16-6-3-2-4-7-16/h2-11,13-14H,12H2,1H3,(H,25,27). The van der Waals surface area contributed by atoms with Gasteiger partial charge >= 0.3 is 0 Å². The van der Waals surface area contributed by atoms with Crippen LogP contribution in [0.1, 0.15) is 11.1 Å². The van der Waals surface area contributed by atoms with Crippen molar-refractivity contribution in [3.05, 3.63) is 89.1 Å². The average molecular weight is 376 g/mol. The molecule has 4 nitrogen and oxygen atoms in total. The molecule has 0 aliphatic carbocycles. The zero-order valence-electron chi connectivity index (χ0n) is 14.8. The monoisotopic (exact) mass is 375 g/mol. The second-order valence-electron chi connectivity index (χ2n) is 6.46. The first-order valence-corrected chi connectivity index (χ1v) is 9.06. The maximum absolute atomic E-state index is 12.7. The van der Waals surface area contributed by atoms with E-state index >= 15 is 0 Å². The number of amides is 1. The maximum Gasteiger partial charge on any atom is 0.229 e. The third-order valence-electron chi connectivity index (χ3n) is 4.33. The number of nitrogens with zero attached hydrogens (tertiary/aromatic N) is 2. The van der Waals surface area contributed by atoms with Crippen LogP contribution in [-0.2, 0) is 11.2 Å². The molecular weight excluding hydrogens is 358 g/mol. The Kier molecular flexibility index (Phi) is 4.65. The molecule has 27 heavy (non-hydrogen) atoms. The van der Waals surface area contributed by atoms with Gasteiger partial charge in [0.15, 0.2) is 0 Å². The molecule has 1 amide bonds. The largest absolute Gasteiger partial charge is 0.310 e. The molecule has 4 aromatic rings. The van der Waals surface area contributed by atoms with Gasteiger partial charge in [-0.05, 0) is 36.2 Å². The van der Waals surface area contributed by atoms with Gasteiger partial charge in [-0.1, -0.05) is 60.1 Å². The number of aromatic nitrogens is 2. The molecule has 0 radical (unpaired) electrons. The second-order valence-corrected chi connectivity index (χ2v) is 6.90. The Bertz CT molecular complexity index is 1120. The molecule has 0 aliphatic rings. The summed E-state index contributed by atoms with van der Waals surface area (Å²) in [6.07, 6.45) is 2.27. The number of pyridine rings is 1. The van der Waals surface area contributed by atoms with E-state index in [0.29, 0.717) is 23.0 Å². The van der Waals surface area contributed by atoms with Crippen LogP contribution in [-0.4, -0.2) is 15.3 Å². The van der Waals surface area contributed by atoms with E-state index in [1.807, 2.05) is 84.3 Å². The average Bonchev–Trinajstić information content (AvgIpc) is 3.00. The number of halogens is 1. The number of carbonyl (C=O) groups excluding carboxylic acids is 1. The molecule has 0 fully saturated rings. The molecule has 4 rings (SSSR count). The lowest BCUT2D eigenvalue weighted by atomic mass is 10.1. The van der Waals surface area contributed by atoms with Crippen LogP contribution in [0.15, 0.2) is 72.9 Å². The van der Waals surface area contributed by atoms with E-state index in [9.17, 15) is 4.79 Å². The molecule has 2 aromatic carbocycles. The quantitative estimate of drug-likeness (QED) is 0.536. The smallest absolute Gasteiger partial charge is 0.229 e. The summed E-state index contributed by atoms with van der Waals surface area (Å²) in [6.45, 7) is 2.01. The highest BCUT2D eigenvalue weighted by atomic mass is 35.5. The Morgan fingerprint density at radius 3 is 2.67 bits per heavy atom. The minimum atomic E-state index is -0.0900. The lowest BCUT2D eigenvalue weighted by Crippen LogP contribution is -2.16. The van der Waals surface area contributed by atoms with E-state index < -0.39 is 0 Å². The molecule has 2 aromatic heterocycles. The van der Waals surface area contributed by atoms with E-state index in [-0.39, 0.29) is 5.91 Å². The second kappa shape index (κ2) is 7.25. The minimum Gasteiger partial charge on any atom is -0.310 e. The highest BCUT2D eigenvalue weighted by molar-refractivity contribution is 6.30. The molecule has 5 heteroatoms. The van der Waals surface area contributed by atoms with Gasteiger partial charge in [-0.3, -0.25) is 9.20 Å². The normalized spacial score (nSPS) is 10.9. The number of benzene rings is 2. The first-order valence-electron chi connectivity index (χ1n) is 8.68. The molecular formula is C22H18ClN3O. The minimum absolute atomic E-state index is 0.0900. The van der Waals surface area contributed by atoms with E-state index in [2.05, 4.69) is 5.32 Å². The van der Waals surface area contributed by atoms with Crippen LogP contribution in [0.3, 0.4) is 0 Å². The van der Waals surface area contributed by atoms with Crippen molar-refractivity contribution in [1.82, 2.24) is 9.38 Å². The van der Waals surface area contributed by atoms with Crippen LogP contribution in [0, 0.1) is 6.92 Å². The summed E-state index contributed by atoms with van der Waals surface area (Å²) in [4.78, 5) is 17.4. The molecule has 0 atom stereocenters. The zero-order valence-corrected chi connectivity index (χ0v) is 15.6. The molecule has 2 heterocycles. The molecule has 0 saturated carbocycles. The van der Waals surface area contributed by atoms with Gasteiger partial charge in [-0.15, -0.1) is 0 Å². The zero-order chi connectivity index (χ0) is 18.8. The van der Waals surface area contributed by atoms with E-state index in [1.54, 1.807) is 0 Å². The van der Waals surface area contributed by atoms with Gasteiger partial charge in [0.2, 0.25) is 5.91 Å². The molecule has 0 unspecified atom stereocenters. The van der Waals surface area contributed by atoms with Gasteiger partial charge < -0.3 is 5.32 Å². The number of aryl methyl sites for hydroxylation is 1. The van der Waals surface area contributed by atoms with Crippen molar-refractivity contribution in [2.24, 2.45) is 0 Å². The number of carbonyl (C=O) groups is 1. The fourth-order valence-electron chi connectivity index (χ4n) is 3.06. The third kappa shape index (κ3) is 3.71. The Morgan fingerprint density at radius 2 is 1.89 bits per heavy atom. The SMILES string of the molecule is Cc1ccc2nc(-c3cccc(Cl)c3)c(NC(=O)Cc3ccccc3)n2c1. The molecule has 0 bridgehead atoms. The number of hydrogen-bond donors (Lipinski definition) is 1. The van der Waals surface area contributed by atoms with Crippen molar-refractivity contribution >= 4 is 29.0 Å². The maximum atomic E-state index is 12.7. The van der Waals surface area contributed by atoms with Crippen molar-refractivity contribution in [2.75, 3.05) is 5.32 Å². The number of anilines is 1. The van der Waals surface area contributed by atoms with Crippen LogP contribution >= 0.6 is 11.6 Å². The van der Waals surface area contributed by atoms with Crippen molar-refractivity contribution < 1.29 is 4.79 Å². The predicted molar refractivity (Wildman–Crippen MR) is 109 cm³/mol. The summed E-state index contributed by atoms with van der Waals surface area (Å²) < 4.78 is 1.91. The fraction of sp³-hybridized carbons (Fsp3) is 0.0909. The first-order chi connectivity index (χ1) is 13.1. The van der Waals surface area contributed by atoms with Crippen molar-refractivity contribution in [3.8, 4) is 11.3 Å². The van der Waals surface area contributed by atoms with Crippen LogP contribution in [0.25, 0.3) is 16.9 Å². The van der Waals surface area contributed by atoms with Gasteiger partial charge in [-0.25, -0.2) is 4.98 Å². The summed E-state index contributed by atoms with van der Waals surface area (Å²) in [5.74, 6) is 0.560. The van der Waals surface area contributed by atoms with Crippen LogP contribution in [0.5, 0.6) is 0 Å². The summed E-state index contributed by atoms with van der Waals surface area (Å²) in [6, 6.07) is 21.1. The van der Waals surface area contributed by atoms with Gasteiger partial charge in [0, 0.05) is 16.8 Å². The number of imidazole rings is 1. The number of rotatable bonds is 4. The Hall–Kier alpha value is -3.11. The van der Waals surface area contributed by atoms with E-state index in [0.717, 1.165) is 22.3 Å². The van der Waals surface area contributed by atoms with E-state index in [1.165, 1.54) is 0 Å². The molecule has 0 aliphatic heterocycles. The predicted octanol–water partition coefficient (Wildman–Crippen LogP) is 5.14. The van der Waals surface area contributed by atoms with Crippen LogP contribution in [0.4, 0.5) is 5.82 Å². The van der Waals surface area contributed by atoms with Gasteiger partial charge in [0.1, 0.15) is 17.2 Å². The van der Waals surface area contributed by atoms with Crippen LogP contribution < -0.4 is 5.32 Å². The molecule has 0 spiro atoms. The van der Waals surface area contributed by atoms with Gasteiger partial charge in [-0.2, -0.15) is 0 Å².